The van der Waals surface area contributed by atoms with Gasteiger partial charge in [-0.25, -0.2) is 0 Å². The van der Waals surface area contributed by atoms with Crippen molar-refractivity contribution in [2.45, 2.75) is 0 Å². The molecule has 1 atom stereocenters. The van der Waals surface area contributed by atoms with Gasteiger partial charge in [-0.2, -0.15) is 0 Å². The van der Waals surface area contributed by atoms with E-state index in [-0.39, 0.29) is 5.78 Å². The van der Waals surface area contributed by atoms with E-state index >= 15 is 0 Å². The molecule has 0 aliphatic heterocycles. The quantitative estimate of drug-likeness (QED) is 0.467. The first-order valence-electron chi connectivity index (χ1n) is 3.07. The van der Waals surface area contributed by atoms with Crippen LogP contribution in [0.4, 0.5) is 0 Å². The van der Waals surface area contributed by atoms with Gasteiger partial charge in [0.2, 0.25) is 0 Å². The summed E-state index contributed by atoms with van der Waals surface area (Å²) in [5.41, 5.74) is 0.755. The fraction of sp³-hybridized carbons (Fsp3) is 0.143. The molecule has 10 heavy (non-hydrogen) atoms. The lowest BCUT2D eigenvalue weighted by Crippen LogP contribution is -1.98. The third-order valence-corrected chi connectivity index (χ3v) is 1.68. The van der Waals surface area contributed by atoms with E-state index in [0.29, 0.717) is 6.16 Å². The van der Waals surface area contributed by atoms with Crippen molar-refractivity contribution in [3.8, 4) is 0 Å². The highest BCUT2D eigenvalue weighted by Gasteiger charge is 2.02. The number of hydrogen-bond acceptors (Lipinski definition) is 2. The Balaban J connectivity index is 2.85. The van der Waals surface area contributed by atoms with Crippen molar-refractivity contribution >= 4 is 15.0 Å². The number of pyridine rings is 1. The molecule has 52 valence electrons. The highest BCUT2D eigenvalue weighted by atomic mass is 31.0. The van der Waals surface area contributed by atoms with Gasteiger partial charge in [0.05, 0.1) is 0 Å². The standard InChI is InChI=1S/C7H8NOP/c9-7(5-10)6-1-3-8-4-2-6/h1-4H,5,10H2/p+1. The van der Waals surface area contributed by atoms with Crippen molar-refractivity contribution in [1.29, 1.82) is 0 Å². The lowest BCUT2D eigenvalue weighted by Gasteiger charge is -1.91. The van der Waals surface area contributed by atoms with Crippen LogP contribution in [0.25, 0.3) is 0 Å². The molecular weight excluding hydrogens is 145 g/mol. The van der Waals surface area contributed by atoms with Gasteiger partial charge in [0.1, 0.15) is 6.16 Å². The van der Waals surface area contributed by atoms with Gasteiger partial charge in [0, 0.05) is 18.0 Å². The molecule has 1 unspecified atom stereocenters. The number of nitrogens with zero attached hydrogens (tertiary/aromatic N) is 1. The van der Waals surface area contributed by atoms with E-state index in [1.807, 2.05) is 0 Å². The largest absolute Gasteiger partial charge is 0.290 e. The maximum absolute atomic E-state index is 11.0. The molecule has 0 saturated carbocycles. The van der Waals surface area contributed by atoms with Crippen LogP contribution in [-0.2, 0) is 0 Å². The van der Waals surface area contributed by atoms with Gasteiger partial charge in [-0.05, 0) is 21.4 Å². The minimum Gasteiger partial charge on any atom is -0.290 e. The summed E-state index contributed by atoms with van der Waals surface area (Å²) in [7, 11) is 1.67. The van der Waals surface area contributed by atoms with Crippen LogP contribution in [0.2, 0.25) is 0 Å². The Bertz CT molecular complexity index is 222. The SMILES string of the molecule is O=C(C[PH3+])c1ccncc1. The van der Waals surface area contributed by atoms with E-state index in [1.54, 1.807) is 33.8 Å². The lowest BCUT2D eigenvalue weighted by atomic mass is 10.2. The third kappa shape index (κ3) is 1.61. The molecular formula is C7H9NOP+. The maximum atomic E-state index is 11.0. The molecule has 0 radical (unpaired) electrons. The first-order valence-corrected chi connectivity index (χ1v) is 4.07. The Hall–Kier alpha value is -0.750. The van der Waals surface area contributed by atoms with Crippen LogP contribution in [0, 0.1) is 0 Å². The minimum absolute atomic E-state index is 0.181. The molecule has 0 spiro atoms. The van der Waals surface area contributed by atoms with E-state index in [9.17, 15) is 4.79 Å². The average molecular weight is 154 g/mol. The zero-order chi connectivity index (χ0) is 7.40. The molecule has 0 bridgehead atoms. The second kappa shape index (κ2) is 3.43. The highest BCUT2D eigenvalue weighted by molar-refractivity contribution is 7.18. The van der Waals surface area contributed by atoms with E-state index in [1.165, 1.54) is 0 Å². The zero-order valence-corrected chi connectivity index (χ0v) is 6.99. The second-order valence-corrected chi connectivity index (χ2v) is 2.41. The summed E-state index contributed by atoms with van der Waals surface area (Å²) in [5, 5.41) is 0. The van der Waals surface area contributed by atoms with E-state index < -0.39 is 0 Å². The maximum Gasteiger partial charge on any atom is 0.199 e. The van der Waals surface area contributed by atoms with Gasteiger partial charge < -0.3 is 0 Å². The molecule has 0 saturated heterocycles. The molecule has 0 fully saturated rings. The van der Waals surface area contributed by atoms with Crippen LogP contribution in [-0.4, -0.2) is 16.9 Å². The average Bonchev–Trinajstić information content (AvgIpc) is 2.05. The fourth-order valence-corrected chi connectivity index (χ4v) is 0.971. The first-order chi connectivity index (χ1) is 4.84. The topological polar surface area (TPSA) is 30.0 Å². The molecule has 3 heteroatoms. The predicted octanol–water partition coefficient (Wildman–Crippen LogP) is 0.872. The number of rotatable bonds is 2. The molecule has 0 aromatic carbocycles. The van der Waals surface area contributed by atoms with E-state index in [0.717, 1.165) is 5.56 Å². The van der Waals surface area contributed by atoms with Gasteiger partial charge in [-0.1, -0.05) is 0 Å². The number of Topliss-reactive ketones (excluding diaryl/α,β-unsaturated/α-hetero) is 1. The first kappa shape index (κ1) is 7.36. The van der Waals surface area contributed by atoms with Crippen LogP contribution in [0.15, 0.2) is 24.5 Å². The van der Waals surface area contributed by atoms with Gasteiger partial charge in [0.15, 0.2) is 5.78 Å². The minimum atomic E-state index is 0.181. The summed E-state index contributed by atoms with van der Waals surface area (Å²) < 4.78 is 0. The molecule has 0 aliphatic rings. The zero-order valence-electron chi connectivity index (χ0n) is 5.58. The number of carbonyl (C=O) groups is 1. The van der Waals surface area contributed by atoms with Crippen molar-refractivity contribution in [3.63, 3.8) is 0 Å². The molecule has 2 nitrogen and oxygen atoms in total. The molecule has 0 N–H and O–H groups in total. The Labute approximate surface area is 61.9 Å². The molecule has 0 aliphatic carbocycles. The predicted molar refractivity (Wildman–Crippen MR) is 44.5 cm³/mol. The Morgan fingerprint density at radius 2 is 2.10 bits per heavy atom. The number of carbonyl (C=O) groups excluding carboxylic acids is 1. The number of ketones is 1. The van der Waals surface area contributed by atoms with Gasteiger partial charge in [-0.15, -0.1) is 0 Å². The van der Waals surface area contributed by atoms with Gasteiger partial charge in [-0.3, -0.25) is 9.78 Å². The van der Waals surface area contributed by atoms with Crippen molar-refractivity contribution in [1.82, 2.24) is 4.98 Å². The lowest BCUT2D eigenvalue weighted by molar-refractivity contribution is 0.102. The summed E-state index contributed by atoms with van der Waals surface area (Å²) in [6.07, 6.45) is 3.85. The number of hydrogen-bond donors (Lipinski definition) is 0. The van der Waals surface area contributed by atoms with Crippen LogP contribution in [0.5, 0.6) is 0 Å². The number of aromatic nitrogens is 1. The van der Waals surface area contributed by atoms with Crippen molar-refractivity contribution in [3.05, 3.63) is 30.1 Å². The smallest absolute Gasteiger partial charge is 0.199 e. The monoisotopic (exact) mass is 154 g/mol. The Morgan fingerprint density at radius 1 is 1.50 bits per heavy atom. The van der Waals surface area contributed by atoms with Crippen LogP contribution < -0.4 is 0 Å². The molecule has 0 amide bonds. The van der Waals surface area contributed by atoms with Crippen molar-refractivity contribution in [2.24, 2.45) is 0 Å². The Kier molecular flexibility index (Phi) is 2.52. The second-order valence-electron chi connectivity index (χ2n) is 1.91. The van der Waals surface area contributed by atoms with E-state index in [2.05, 4.69) is 4.98 Å². The van der Waals surface area contributed by atoms with Crippen LogP contribution in [0.1, 0.15) is 10.4 Å². The molecule has 1 heterocycles. The summed E-state index contributed by atoms with van der Waals surface area (Å²) in [6, 6.07) is 3.46. The van der Waals surface area contributed by atoms with E-state index in [4.69, 9.17) is 0 Å². The van der Waals surface area contributed by atoms with Crippen molar-refractivity contribution < 1.29 is 4.79 Å². The van der Waals surface area contributed by atoms with Crippen LogP contribution in [0.3, 0.4) is 0 Å². The normalized spacial score (nSPS) is 9.60. The molecule has 1 aromatic rings. The molecule has 1 aromatic heterocycles. The third-order valence-electron chi connectivity index (χ3n) is 1.23. The van der Waals surface area contributed by atoms with Gasteiger partial charge in [0.25, 0.3) is 0 Å². The summed E-state index contributed by atoms with van der Waals surface area (Å²) in [4.78, 5) is 14.8. The summed E-state index contributed by atoms with van der Waals surface area (Å²) >= 11 is 0. The summed E-state index contributed by atoms with van der Waals surface area (Å²) in [5.74, 6) is 0.181. The Morgan fingerprint density at radius 3 is 2.60 bits per heavy atom. The molecule has 1 rings (SSSR count). The van der Waals surface area contributed by atoms with Crippen molar-refractivity contribution in [2.75, 3.05) is 6.16 Å². The fourth-order valence-electron chi connectivity index (χ4n) is 0.682. The van der Waals surface area contributed by atoms with Gasteiger partial charge >= 0.3 is 0 Å². The highest BCUT2D eigenvalue weighted by Crippen LogP contribution is 1.99. The summed E-state index contributed by atoms with van der Waals surface area (Å²) in [6.45, 7) is 0. The van der Waals surface area contributed by atoms with Crippen LogP contribution >= 0.6 is 9.24 Å².